The van der Waals surface area contributed by atoms with Crippen LogP contribution in [0, 0.1) is 5.92 Å². The molecule has 30 heavy (non-hydrogen) atoms. The van der Waals surface area contributed by atoms with Crippen molar-refractivity contribution < 1.29 is 4.79 Å². The SMILES string of the molecule is Nc1cc(N2CCC(N3CCC[C@@H](C(=O)NCc4ccccn4)C3)CC2)nc(N)n1. The van der Waals surface area contributed by atoms with Crippen LogP contribution in [-0.2, 0) is 11.3 Å². The first-order chi connectivity index (χ1) is 14.6. The lowest BCUT2D eigenvalue weighted by atomic mass is 9.93. The molecule has 0 spiro atoms. The summed E-state index contributed by atoms with van der Waals surface area (Å²) >= 11 is 0. The highest BCUT2D eigenvalue weighted by molar-refractivity contribution is 5.78. The molecule has 2 aromatic rings. The van der Waals surface area contributed by atoms with Gasteiger partial charge in [0.1, 0.15) is 11.6 Å². The molecule has 4 heterocycles. The Balaban J connectivity index is 1.28. The minimum Gasteiger partial charge on any atom is -0.383 e. The van der Waals surface area contributed by atoms with Crippen LogP contribution in [0.5, 0.6) is 0 Å². The highest BCUT2D eigenvalue weighted by Crippen LogP contribution is 2.26. The van der Waals surface area contributed by atoms with Crippen LogP contribution in [0.3, 0.4) is 0 Å². The van der Waals surface area contributed by atoms with E-state index in [0.717, 1.165) is 63.4 Å². The Morgan fingerprint density at radius 3 is 2.70 bits per heavy atom. The van der Waals surface area contributed by atoms with E-state index in [0.29, 0.717) is 18.4 Å². The molecule has 1 atom stereocenters. The predicted octanol–water partition coefficient (Wildman–Crippen LogP) is 1.03. The fraction of sp³-hybridized carbons (Fsp3) is 0.524. The molecule has 2 aliphatic rings. The largest absolute Gasteiger partial charge is 0.383 e. The Labute approximate surface area is 176 Å². The summed E-state index contributed by atoms with van der Waals surface area (Å²) in [5.41, 5.74) is 12.4. The molecule has 1 amide bonds. The summed E-state index contributed by atoms with van der Waals surface area (Å²) in [6, 6.07) is 8.02. The summed E-state index contributed by atoms with van der Waals surface area (Å²) in [6.45, 7) is 4.16. The smallest absolute Gasteiger partial charge is 0.224 e. The summed E-state index contributed by atoms with van der Waals surface area (Å²) in [5, 5.41) is 3.06. The third-order valence-electron chi connectivity index (χ3n) is 6.05. The molecule has 0 aliphatic carbocycles. The maximum Gasteiger partial charge on any atom is 0.224 e. The van der Waals surface area contributed by atoms with Crippen LogP contribution in [0.25, 0.3) is 0 Å². The number of aromatic nitrogens is 3. The van der Waals surface area contributed by atoms with E-state index in [-0.39, 0.29) is 17.8 Å². The van der Waals surface area contributed by atoms with E-state index in [1.165, 1.54) is 0 Å². The molecule has 9 nitrogen and oxygen atoms in total. The topological polar surface area (TPSA) is 126 Å². The summed E-state index contributed by atoms with van der Waals surface area (Å²) in [4.78, 5) is 29.9. The van der Waals surface area contributed by atoms with Crippen molar-refractivity contribution in [2.24, 2.45) is 5.92 Å². The molecular weight excluding hydrogens is 380 g/mol. The van der Waals surface area contributed by atoms with Crippen LogP contribution in [0.1, 0.15) is 31.4 Å². The average Bonchev–Trinajstić information content (AvgIpc) is 2.78. The molecule has 0 radical (unpaired) electrons. The van der Waals surface area contributed by atoms with E-state index < -0.39 is 0 Å². The second-order valence-electron chi connectivity index (χ2n) is 8.10. The van der Waals surface area contributed by atoms with Crippen LogP contribution < -0.4 is 21.7 Å². The Morgan fingerprint density at radius 2 is 1.97 bits per heavy atom. The molecule has 5 N–H and O–H groups in total. The number of nitrogen functional groups attached to an aromatic ring is 2. The normalized spacial score (nSPS) is 20.8. The van der Waals surface area contributed by atoms with Gasteiger partial charge >= 0.3 is 0 Å². The van der Waals surface area contributed by atoms with E-state index in [1.807, 2.05) is 18.2 Å². The summed E-state index contributed by atoms with van der Waals surface area (Å²) in [7, 11) is 0. The van der Waals surface area contributed by atoms with Gasteiger partial charge in [0.2, 0.25) is 11.9 Å². The number of carbonyl (C=O) groups is 1. The lowest BCUT2D eigenvalue weighted by Crippen LogP contribution is -2.51. The second-order valence-corrected chi connectivity index (χ2v) is 8.10. The standard InChI is InChI=1S/C21H30N8O/c22-18-12-19(27-21(23)26-18)28-10-6-17(7-11-28)29-9-3-4-15(14-29)20(30)25-13-16-5-1-2-8-24-16/h1-2,5,8,12,15,17H,3-4,6-7,9-11,13-14H2,(H,25,30)(H4,22,23,26,27)/t15-/m1/s1. The fourth-order valence-corrected chi connectivity index (χ4v) is 4.47. The number of rotatable bonds is 5. The lowest BCUT2D eigenvalue weighted by Gasteiger charge is -2.42. The van der Waals surface area contributed by atoms with Gasteiger partial charge in [-0.25, -0.2) is 0 Å². The van der Waals surface area contributed by atoms with Crippen LogP contribution in [0.2, 0.25) is 0 Å². The van der Waals surface area contributed by atoms with Gasteiger partial charge < -0.3 is 21.7 Å². The Hall–Kier alpha value is -2.94. The molecule has 2 fully saturated rings. The van der Waals surface area contributed by atoms with Gasteiger partial charge in [-0.1, -0.05) is 6.07 Å². The average molecular weight is 411 g/mol. The number of nitrogens with one attached hydrogen (secondary N) is 1. The number of likely N-dealkylation sites (tertiary alicyclic amines) is 1. The van der Waals surface area contributed by atoms with Gasteiger partial charge in [0.25, 0.3) is 0 Å². The van der Waals surface area contributed by atoms with E-state index >= 15 is 0 Å². The number of hydrogen-bond acceptors (Lipinski definition) is 8. The zero-order valence-electron chi connectivity index (χ0n) is 17.2. The molecular formula is C21H30N8O. The number of carbonyl (C=O) groups excluding carboxylic acids is 1. The Morgan fingerprint density at radius 1 is 1.13 bits per heavy atom. The van der Waals surface area contributed by atoms with Gasteiger partial charge in [0.05, 0.1) is 18.2 Å². The van der Waals surface area contributed by atoms with Crippen LogP contribution in [-0.4, -0.2) is 58.0 Å². The van der Waals surface area contributed by atoms with Gasteiger partial charge in [-0.2, -0.15) is 9.97 Å². The van der Waals surface area contributed by atoms with E-state index in [9.17, 15) is 4.79 Å². The van der Waals surface area contributed by atoms with Crippen LogP contribution in [0.15, 0.2) is 30.5 Å². The van der Waals surface area contributed by atoms with Gasteiger partial charge in [-0.3, -0.25) is 14.7 Å². The van der Waals surface area contributed by atoms with Gasteiger partial charge in [0, 0.05) is 37.9 Å². The van der Waals surface area contributed by atoms with Crippen molar-refractivity contribution in [2.45, 2.75) is 38.3 Å². The number of nitrogens with two attached hydrogens (primary N) is 2. The first-order valence-corrected chi connectivity index (χ1v) is 10.6. The zero-order valence-corrected chi connectivity index (χ0v) is 17.2. The maximum absolute atomic E-state index is 12.7. The molecule has 0 unspecified atom stereocenters. The summed E-state index contributed by atoms with van der Waals surface area (Å²) in [6.07, 6.45) is 5.82. The van der Waals surface area contributed by atoms with Crippen molar-refractivity contribution in [3.63, 3.8) is 0 Å². The third kappa shape index (κ3) is 4.96. The number of pyridine rings is 1. The zero-order chi connectivity index (χ0) is 20.9. The van der Waals surface area contributed by atoms with E-state index in [1.54, 1.807) is 12.3 Å². The molecule has 0 aromatic carbocycles. The Kier molecular flexibility index (Phi) is 6.27. The number of nitrogens with zero attached hydrogens (tertiary/aromatic N) is 5. The van der Waals surface area contributed by atoms with Crippen molar-refractivity contribution in [1.82, 2.24) is 25.2 Å². The van der Waals surface area contributed by atoms with E-state index in [4.69, 9.17) is 11.5 Å². The highest BCUT2D eigenvalue weighted by atomic mass is 16.1. The predicted molar refractivity (Wildman–Crippen MR) is 116 cm³/mol. The van der Waals surface area contributed by atoms with Crippen LogP contribution >= 0.6 is 0 Å². The van der Waals surface area contributed by atoms with Crippen molar-refractivity contribution in [1.29, 1.82) is 0 Å². The van der Waals surface area contributed by atoms with Crippen molar-refractivity contribution in [2.75, 3.05) is 42.5 Å². The molecule has 0 bridgehead atoms. The minimum atomic E-state index is 0.0435. The molecule has 160 valence electrons. The van der Waals surface area contributed by atoms with Gasteiger partial charge in [-0.15, -0.1) is 0 Å². The summed E-state index contributed by atoms with van der Waals surface area (Å²) < 4.78 is 0. The van der Waals surface area contributed by atoms with Crippen molar-refractivity contribution in [3.8, 4) is 0 Å². The van der Waals surface area contributed by atoms with Crippen molar-refractivity contribution >= 4 is 23.5 Å². The molecule has 2 saturated heterocycles. The lowest BCUT2D eigenvalue weighted by molar-refractivity contribution is -0.127. The molecule has 2 aliphatic heterocycles. The van der Waals surface area contributed by atoms with Gasteiger partial charge in [0.15, 0.2) is 0 Å². The molecule has 2 aromatic heterocycles. The van der Waals surface area contributed by atoms with Gasteiger partial charge in [-0.05, 0) is 44.4 Å². The molecule has 9 heteroatoms. The number of anilines is 3. The summed E-state index contributed by atoms with van der Waals surface area (Å²) in [5.74, 6) is 1.58. The second kappa shape index (κ2) is 9.25. The number of hydrogen-bond donors (Lipinski definition) is 3. The number of piperidine rings is 2. The third-order valence-corrected chi connectivity index (χ3v) is 6.05. The maximum atomic E-state index is 12.7. The minimum absolute atomic E-state index is 0.0435. The molecule has 0 saturated carbocycles. The first-order valence-electron chi connectivity index (χ1n) is 10.6. The van der Waals surface area contributed by atoms with Crippen LogP contribution in [0.4, 0.5) is 17.6 Å². The fourth-order valence-electron chi connectivity index (χ4n) is 4.47. The number of amides is 1. The van der Waals surface area contributed by atoms with E-state index in [2.05, 4.69) is 30.1 Å². The highest BCUT2D eigenvalue weighted by Gasteiger charge is 2.32. The van der Waals surface area contributed by atoms with Crippen molar-refractivity contribution in [3.05, 3.63) is 36.2 Å². The first kappa shape index (κ1) is 20.3. The quantitative estimate of drug-likeness (QED) is 0.667. The molecule has 4 rings (SSSR count). The monoisotopic (exact) mass is 410 g/mol. The Bertz CT molecular complexity index is 833.